The van der Waals surface area contributed by atoms with Gasteiger partial charge in [-0.15, -0.1) is 11.8 Å². The summed E-state index contributed by atoms with van der Waals surface area (Å²) in [6, 6.07) is 16.1. The average molecular weight is 443 g/mol. The first-order chi connectivity index (χ1) is 14.1. The summed E-state index contributed by atoms with van der Waals surface area (Å²) in [6.45, 7) is 5.31. The minimum absolute atomic E-state index is 0.346. The minimum atomic E-state index is -1.15. The van der Waals surface area contributed by atoms with Gasteiger partial charge in [0.1, 0.15) is 17.0 Å². The van der Waals surface area contributed by atoms with Gasteiger partial charge in [0.2, 0.25) is 0 Å². The Kier molecular flexibility index (Phi) is 5.10. The predicted octanol–water partition coefficient (Wildman–Crippen LogP) is 3.47. The van der Waals surface area contributed by atoms with E-state index in [-0.39, 0.29) is 11.8 Å². The maximum Gasteiger partial charge on any atom is 0.327 e. The second-order valence-electron chi connectivity index (χ2n) is 8.09. The topological polar surface area (TPSA) is 86.7 Å². The number of nitrogens with zero attached hydrogens (tertiary/aromatic N) is 1. The third-order valence-corrected chi connectivity index (χ3v) is 8.32. The Labute approximate surface area is 183 Å². The summed E-state index contributed by atoms with van der Waals surface area (Å²) in [6.07, 6.45) is 0. The molecule has 0 aromatic heterocycles. The van der Waals surface area contributed by atoms with E-state index < -0.39 is 27.7 Å². The molecule has 2 aromatic rings. The number of fused-ring (bicyclic) bond motifs is 1. The molecule has 0 aliphatic carbocycles. The van der Waals surface area contributed by atoms with Gasteiger partial charge < -0.3 is 15.3 Å². The zero-order valence-electron chi connectivity index (χ0n) is 16.8. The van der Waals surface area contributed by atoms with Crippen molar-refractivity contribution in [2.45, 2.75) is 52.3 Å². The normalized spacial score (nSPS) is 26.6. The fourth-order valence-electron chi connectivity index (χ4n) is 4.00. The number of thioether (sulfide) groups is 1. The highest BCUT2D eigenvalue weighted by Crippen LogP contribution is 2.54. The summed E-state index contributed by atoms with van der Waals surface area (Å²) in [5, 5.41) is 12.1. The Morgan fingerprint density at radius 1 is 1.07 bits per heavy atom. The molecule has 3 atom stereocenters. The van der Waals surface area contributed by atoms with Crippen LogP contribution >= 0.6 is 23.5 Å². The molecule has 8 heteroatoms. The summed E-state index contributed by atoms with van der Waals surface area (Å²) in [5.74, 6) is -1.73. The zero-order chi connectivity index (χ0) is 21.7. The molecule has 4 rings (SSSR count). The van der Waals surface area contributed by atoms with E-state index >= 15 is 0 Å². The highest BCUT2D eigenvalue weighted by Gasteiger charge is 2.70. The van der Waals surface area contributed by atoms with E-state index in [2.05, 4.69) is 5.32 Å². The third kappa shape index (κ3) is 3.28. The van der Waals surface area contributed by atoms with Crippen molar-refractivity contribution in [3.63, 3.8) is 0 Å². The molecule has 0 radical (unpaired) electrons. The largest absolute Gasteiger partial charge is 0.480 e. The van der Waals surface area contributed by atoms with Crippen molar-refractivity contribution in [3.05, 3.63) is 60.2 Å². The van der Waals surface area contributed by atoms with Gasteiger partial charge in [0.05, 0.1) is 5.56 Å². The van der Waals surface area contributed by atoms with Gasteiger partial charge in [0, 0.05) is 14.5 Å². The second kappa shape index (κ2) is 7.35. The van der Waals surface area contributed by atoms with Gasteiger partial charge in [-0.3, -0.25) is 9.59 Å². The SMILES string of the molecule is CC1(C)S[C@H]2N(C(=O)C2(C)NC(=O)c2ccccc2Sc2ccccc2)[C@H]1C(=O)O. The number of carboxylic acids is 1. The van der Waals surface area contributed by atoms with E-state index in [1.807, 2.05) is 56.3 Å². The van der Waals surface area contributed by atoms with Crippen molar-refractivity contribution in [2.75, 3.05) is 0 Å². The molecule has 2 N–H and O–H groups in total. The Morgan fingerprint density at radius 2 is 1.70 bits per heavy atom. The smallest absolute Gasteiger partial charge is 0.327 e. The molecule has 1 unspecified atom stereocenters. The standard InChI is InChI=1S/C22H22N2O4S2/c1-21(2)16(18(26)27)24-19(28)22(3,20(24)30-21)23-17(25)14-11-7-8-12-15(14)29-13-9-5-4-6-10-13/h4-12,16,20H,1-3H3,(H,23,25)(H,26,27)/t16-,20+,22?/m0/s1. The number of amides is 2. The molecule has 2 aliphatic heterocycles. The molecule has 2 amide bonds. The number of benzene rings is 2. The monoisotopic (exact) mass is 442 g/mol. The third-order valence-electron chi connectivity index (χ3n) is 5.49. The van der Waals surface area contributed by atoms with Gasteiger partial charge in [-0.2, -0.15) is 0 Å². The quantitative estimate of drug-likeness (QED) is 0.690. The lowest BCUT2D eigenvalue weighted by atomic mass is 9.86. The van der Waals surface area contributed by atoms with Gasteiger partial charge in [0.25, 0.3) is 11.8 Å². The molecule has 6 nitrogen and oxygen atoms in total. The van der Waals surface area contributed by atoms with Gasteiger partial charge in [-0.05, 0) is 45.0 Å². The molecule has 0 saturated carbocycles. The molecule has 30 heavy (non-hydrogen) atoms. The molecular formula is C22H22N2O4S2. The maximum absolute atomic E-state index is 13.2. The lowest BCUT2D eigenvalue weighted by molar-refractivity contribution is -0.165. The van der Waals surface area contributed by atoms with Crippen LogP contribution in [0.2, 0.25) is 0 Å². The predicted molar refractivity (Wildman–Crippen MR) is 117 cm³/mol. The number of hydrogen-bond acceptors (Lipinski definition) is 5. The van der Waals surface area contributed by atoms with E-state index in [0.717, 1.165) is 9.79 Å². The van der Waals surface area contributed by atoms with E-state index in [1.54, 1.807) is 19.1 Å². The molecule has 0 spiro atoms. The maximum atomic E-state index is 13.2. The molecular weight excluding hydrogens is 420 g/mol. The van der Waals surface area contributed by atoms with Gasteiger partial charge in [-0.25, -0.2) is 4.79 Å². The Hall–Kier alpha value is -2.45. The fourth-order valence-corrected chi connectivity index (χ4v) is 6.61. The van der Waals surface area contributed by atoms with Crippen LogP contribution in [-0.4, -0.2) is 49.5 Å². The fraction of sp³-hybridized carbons (Fsp3) is 0.318. The first-order valence-electron chi connectivity index (χ1n) is 9.53. The van der Waals surface area contributed by atoms with Crippen LogP contribution in [0.25, 0.3) is 0 Å². The summed E-state index contributed by atoms with van der Waals surface area (Å²) >= 11 is 2.89. The van der Waals surface area contributed by atoms with Gasteiger partial charge >= 0.3 is 5.97 Å². The Bertz CT molecular complexity index is 1030. The van der Waals surface area contributed by atoms with Crippen molar-refractivity contribution in [3.8, 4) is 0 Å². The van der Waals surface area contributed by atoms with E-state index in [0.29, 0.717) is 5.56 Å². The Balaban J connectivity index is 1.57. The number of rotatable bonds is 5. The number of β-lactam (4-membered cyclic amide) rings is 1. The molecule has 2 heterocycles. The molecule has 2 aromatic carbocycles. The molecule has 2 fully saturated rings. The van der Waals surface area contributed by atoms with Crippen LogP contribution in [0.5, 0.6) is 0 Å². The second-order valence-corrected chi connectivity index (χ2v) is 10.9. The van der Waals surface area contributed by atoms with E-state index in [1.165, 1.54) is 28.4 Å². The molecule has 2 aliphatic rings. The lowest BCUT2D eigenvalue weighted by Gasteiger charge is -2.51. The number of carbonyl (C=O) groups excluding carboxylic acids is 2. The highest BCUT2D eigenvalue weighted by atomic mass is 32.2. The molecule has 156 valence electrons. The molecule has 0 bridgehead atoms. The summed E-state index contributed by atoms with van der Waals surface area (Å²) in [4.78, 5) is 41.0. The van der Waals surface area contributed by atoms with Crippen LogP contribution in [0.15, 0.2) is 64.4 Å². The zero-order valence-corrected chi connectivity index (χ0v) is 18.4. The van der Waals surface area contributed by atoms with Crippen LogP contribution < -0.4 is 5.32 Å². The number of carbonyl (C=O) groups is 3. The first kappa shape index (κ1) is 20.8. The Morgan fingerprint density at radius 3 is 2.37 bits per heavy atom. The minimum Gasteiger partial charge on any atom is -0.480 e. The average Bonchev–Trinajstić information content (AvgIpc) is 2.98. The summed E-state index contributed by atoms with van der Waals surface area (Å²) < 4.78 is -0.643. The number of nitrogens with one attached hydrogen (secondary N) is 1. The number of hydrogen-bond donors (Lipinski definition) is 2. The highest BCUT2D eigenvalue weighted by molar-refractivity contribution is 8.01. The van der Waals surface area contributed by atoms with Crippen LogP contribution in [-0.2, 0) is 9.59 Å². The first-order valence-corrected chi connectivity index (χ1v) is 11.2. The van der Waals surface area contributed by atoms with Crippen LogP contribution in [0.4, 0.5) is 0 Å². The van der Waals surface area contributed by atoms with Crippen molar-refractivity contribution in [1.82, 2.24) is 10.2 Å². The van der Waals surface area contributed by atoms with Crippen molar-refractivity contribution >= 4 is 41.3 Å². The van der Waals surface area contributed by atoms with Crippen molar-refractivity contribution in [2.24, 2.45) is 0 Å². The van der Waals surface area contributed by atoms with E-state index in [9.17, 15) is 19.5 Å². The van der Waals surface area contributed by atoms with Gasteiger partial charge in [-0.1, -0.05) is 42.1 Å². The number of carboxylic acid groups (broad SMARTS) is 1. The van der Waals surface area contributed by atoms with Crippen LogP contribution in [0, 0.1) is 0 Å². The van der Waals surface area contributed by atoms with Crippen LogP contribution in [0.3, 0.4) is 0 Å². The van der Waals surface area contributed by atoms with Crippen LogP contribution in [0.1, 0.15) is 31.1 Å². The number of aliphatic carboxylic acids is 1. The molecule has 2 saturated heterocycles. The van der Waals surface area contributed by atoms with Gasteiger partial charge in [0.15, 0.2) is 0 Å². The van der Waals surface area contributed by atoms with Crippen molar-refractivity contribution in [1.29, 1.82) is 0 Å². The summed E-state index contributed by atoms with van der Waals surface area (Å²) in [5.41, 5.74) is -0.663. The summed E-state index contributed by atoms with van der Waals surface area (Å²) in [7, 11) is 0. The van der Waals surface area contributed by atoms with Crippen molar-refractivity contribution < 1.29 is 19.5 Å². The lowest BCUT2D eigenvalue weighted by Crippen LogP contribution is -2.78. The van der Waals surface area contributed by atoms with E-state index in [4.69, 9.17) is 0 Å².